The highest BCUT2D eigenvalue weighted by atomic mass is 15.2. The molecule has 0 saturated heterocycles. The van der Waals surface area contributed by atoms with E-state index in [0.29, 0.717) is 12.0 Å². The van der Waals surface area contributed by atoms with Crippen LogP contribution in [-0.2, 0) is 0 Å². The minimum absolute atomic E-state index is 0.433. The minimum atomic E-state index is 0.433. The smallest absolute Gasteiger partial charge is 0.0462 e. The summed E-state index contributed by atoms with van der Waals surface area (Å²) in [6, 6.07) is 61.5. The summed E-state index contributed by atoms with van der Waals surface area (Å²) >= 11 is 0. The minimum Gasteiger partial charge on any atom is -0.337 e. The quantitative estimate of drug-likeness (QED) is 0.141. The maximum Gasteiger partial charge on any atom is 0.0462 e. The molecule has 56 heavy (non-hydrogen) atoms. The molecule has 1 aliphatic heterocycles. The highest BCUT2D eigenvalue weighted by Crippen LogP contribution is 2.55. The van der Waals surface area contributed by atoms with Gasteiger partial charge < -0.3 is 4.90 Å². The van der Waals surface area contributed by atoms with Crippen molar-refractivity contribution >= 4 is 34.7 Å². The first-order valence-corrected chi connectivity index (χ1v) is 20.2. The van der Waals surface area contributed by atoms with E-state index in [0.717, 1.165) is 0 Å². The third-order valence-corrected chi connectivity index (χ3v) is 12.0. The first kappa shape index (κ1) is 35.5. The summed E-state index contributed by atoms with van der Waals surface area (Å²) in [6.07, 6.45) is 8.49. The van der Waals surface area contributed by atoms with Gasteiger partial charge in [0.05, 0.1) is 0 Å². The van der Waals surface area contributed by atoms with Gasteiger partial charge in [0, 0.05) is 23.3 Å². The highest BCUT2D eigenvalue weighted by Gasteiger charge is 2.43. The Morgan fingerprint density at radius 2 is 0.964 bits per heavy atom. The van der Waals surface area contributed by atoms with E-state index >= 15 is 0 Å². The van der Waals surface area contributed by atoms with E-state index < -0.39 is 0 Å². The monoisotopic (exact) mass is 723 g/mol. The highest BCUT2D eigenvalue weighted by molar-refractivity contribution is 5.95. The Labute approximate surface area is 333 Å². The summed E-state index contributed by atoms with van der Waals surface area (Å²) in [7, 11) is 0. The van der Waals surface area contributed by atoms with Crippen LogP contribution < -0.4 is 4.90 Å². The third kappa shape index (κ3) is 7.06. The van der Waals surface area contributed by atoms with E-state index in [4.69, 9.17) is 0 Å². The molecule has 1 heteroatoms. The fraction of sp³-hybridized carbons (Fsp3) is 0.164. The number of fused-ring (bicyclic) bond motifs is 3. The van der Waals surface area contributed by atoms with Crippen LogP contribution in [0.2, 0.25) is 0 Å². The molecule has 0 aromatic heterocycles. The number of aryl methyl sites for hydroxylation is 4. The van der Waals surface area contributed by atoms with Crippen molar-refractivity contribution in [2.75, 3.05) is 4.90 Å². The van der Waals surface area contributed by atoms with Crippen molar-refractivity contribution < 1.29 is 0 Å². The standard InChI is InChI=1S/C55H49N/c1-37-13-23-43(24-14-37)51(44-25-15-38(2)16-26-44)33-41-21-31-49(32-22-41)56-53-12-8-11-50(53)55-48(34-47(36-54(55)56)42-9-6-5-7-10-42)35-52(45-27-17-39(3)18-28-45)46-29-19-40(4)20-30-46/h5-7,9-10,13-36,50,53H,8,11-12H2,1-4H3. The van der Waals surface area contributed by atoms with E-state index in [-0.39, 0.29) is 0 Å². The van der Waals surface area contributed by atoms with Crippen molar-refractivity contribution in [1.29, 1.82) is 0 Å². The fourth-order valence-electron chi connectivity index (χ4n) is 8.93. The molecule has 2 aliphatic rings. The average molecular weight is 724 g/mol. The van der Waals surface area contributed by atoms with E-state index in [9.17, 15) is 0 Å². The van der Waals surface area contributed by atoms with Gasteiger partial charge in [0.2, 0.25) is 0 Å². The number of nitrogens with zero attached hydrogens (tertiary/aromatic N) is 1. The van der Waals surface area contributed by atoms with Crippen molar-refractivity contribution in [2.24, 2.45) is 0 Å². The second-order valence-corrected chi connectivity index (χ2v) is 16.0. The molecule has 0 amide bonds. The zero-order valence-corrected chi connectivity index (χ0v) is 33.0. The number of hydrogen-bond donors (Lipinski definition) is 0. The van der Waals surface area contributed by atoms with Gasteiger partial charge in [-0.3, -0.25) is 0 Å². The second-order valence-electron chi connectivity index (χ2n) is 16.0. The SMILES string of the molecule is Cc1ccc(C(=Cc2ccc(N3c4cc(-c5ccccc5)cc(C=C(c5ccc(C)cc5)c5ccc(C)cc5)c4C4CCCC43)cc2)c2ccc(C)cc2)cc1. The normalized spacial score (nSPS) is 15.6. The average Bonchev–Trinajstić information content (AvgIpc) is 3.82. The van der Waals surface area contributed by atoms with Crippen LogP contribution in [0, 0.1) is 27.7 Å². The molecule has 7 aromatic carbocycles. The molecular weight excluding hydrogens is 675 g/mol. The summed E-state index contributed by atoms with van der Waals surface area (Å²) in [6.45, 7) is 8.64. The van der Waals surface area contributed by atoms with E-state index in [1.54, 1.807) is 0 Å². The summed E-state index contributed by atoms with van der Waals surface area (Å²) < 4.78 is 0. The molecule has 1 heterocycles. The first-order chi connectivity index (χ1) is 27.4. The van der Waals surface area contributed by atoms with Crippen molar-refractivity contribution in [3.8, 4) is 11.1 Å². The van der Waals surface area contributed by atoms with Crippen molar-refractivity contribution in [1.82, 2.24) is 0 Å². The molecule has 7 aromatic rings. The Bertz CT molecular complexity index is 2440. The molecule has 1 fully saturated rings. The van der Waals surface area contributed by atoms with Crippen molar-refractivity contribution in [3.05, 3.63) is 225 Å². The van der Waals surface area contributed by atoms with Crippen LogP contribution in [-0.4, -0.2) is 6.04 Å². The van der Waals surface area contributed by atoms with Crippen LogP contribution >= 0.6 is 0 Å². The lowest BCUT2D eigenvalue weighted by Crippen LogP contribution is -2.26. The topological polar surface area (TPSA) is 3.24 Å². The lowest BCUT2D eigenvalue weighted by Gasteiger charge is -2.27. The van der Waals surface area contributed by atoms with Gasteiger partial charge >= 0.3 is 0 Å². The number of benzene rings is 7. The largest absolute Gasteiger partial charge is 0.337 e. The molecular formula is C55H49N. The van der Waals surface area contributed by atoms with Gasteiger partial charge in [-0.05, 0) is 138 Å². The zero-order valence-electron chi connectivity index (χ0n) is 33.0. The lowest BCUT2D eigenvalue weighted by atomic mass is 9.87. The molecule has 2 atom stereocenters. The zero-order chi connectivity index (χ0) is 38.2. The number of rotatable bonds is 8. The Hall–Kier alpha value is -6.18. The van der Waals surface area contributed by atoms with E-state index in [1.165, 1.54) is 114 Å². The van der Waals surface area contributed by atoms with Crippen LogP contribution in [0.5, 0.6) is 0 Å². The molecule has 1 aliphatic carbocycles. The molecule has 0 spiro atoms. The van der Waals surface area contributed by atoms with Gasteiger partial charge in [-0.25, -0.2) is 0 Å². The summed E-state index contributed by atoms with van der Waals surface area (Å²) in [4.78, 5) is 2.68. The van der Waals surface area contributed by atoms with Gasteiger partial charge in [0.15, 0.2) is 0 Å². The summed E-state index contributed by atoms with van der Waals surface area (Å²) in [5.74, 6) is 0.479. The molecule has 2 unspecified atom stereocenters. The maximum absolute atomic E-state index is 2.68. The second kappa shape index (κ2) is 15.2. The molecule has 274 valence electrons. The predicted octanol–water partition coefficient (Wildman–Crippen LogP) is 14.6. The lowest BCUT2D eigenvalue weighted by molar-refractivity contribution is 0.641. The summed E-state index contributed by atoms with van der Waals surface area (Å²) in [5, 5.41) is 0. The molecule has 1 nitrogen and oxygen atoms in total. The van der Waals surface area contributed by atoms with E-state index in [1.807, 2.05) is 0 Å². The van der Waals surface area contributed by atoms with Crippen LogP contribution in [0.15, 0.2) is 164 Å². The van der Waals surface area contributed by atoms with Crippen LogP contribution in [0.4, 0.5) is 11.4 Å². The van der Waals surface area contributed by atoms with Gasteiger partial charge in [-0.15, -0.1) is 0 Å². The fourth-order valence-corrected chi connectivity index (χ4v) is 8.93. The van der Waals surface area contributed by atoms with Crippen LogP contribution in [0.3, 0.4) is 0 Å². The maximum atomic E-state index is 2.68. The van der Waals surface area contributed by atoms with Gasteiger partial charge in [-0.1, -0.05) is 168 Å². The Kier molecular flexibility index (Phi) is 9.61. The van der Waals surface area contributed by atoms with Gasteiger partial charge in [0.25, 0.3) is 0 Å². The van der Waals surface area contributed by atoms with Crippen LogP contribution in [0.25, 0.3) is 34.4 Å². The Balaban J connectivity index is 1.18. The van der Waals surface area contributed by atoms with Gasteiger partial charge in [-0.2, -0.15) is 0 Å². The van der Waals surface area contributed by atoms with Crippen LogP contribution in [0.1, 0.15) is 86.4 Å². The molecule has 0 N–H and O–H groups in total. The predicted molar refractivity (Wildman–Crippen MR) is 240 cm³/mol. The summed E-state index contributed by atoms with van der Waals surface area (Å²) in [5.41, 5.74) is 21.7. The number of anilines is 2. The van der Waals surface area contributed by atoms with Gasteiger partial charge in [0.1, 0.15) is 0 Å². The van der Waals surface area contributed by atoms with Crippen molar-refractivity contribution in [3.63, 3.8) is 0 Å². The molecule has 9 rings (SSSR count). The third-order valence-electron chi connectivity index (χ3n) is 12.0. The molecule has 0 radical (unpaired) electrons. The first-order valence-electron chi connectivity index (χ1n) is 20.2. The molecule has 1 saturated carbocycles. The molecule has 0 bridgehead atoms. The Morgan fingerprint density at radius 3 is 1.46 bits per heavy atom. The van der Waals surface area contributed by atoms with Crippen molar-refractivity contribution in [2.45, 2.75) is 58.9 Å². The van der Waals surface area contributed by atoms with E-state index in [2.05, 4.69) is 209 Å². The Morgan fingerprint density at radius 1 is 0.482 bits per heavy atom. The number of hydrogen-bond acceptors (Lipinski definition) is 1.